The predicted octanol–water partition coefficient (Wildman–Crippen LogP) is 4.55. The van der Waals surface area contributed by atoms with Crippen molar-refractivity contribution in [3.63, 3.8) is 0 Å². The maximum atomic E-state index is 17.5. The number of hydrogen-bond acceptors (Lipinski definition) is 8. The van der Waals surface area contributed by atoms with Crippen molar-refractivity contribution >= 4 is 28.6 Å². The molecule has 1 aromatic heterocycles. The van der Waals surface area contributed by atoms with Crippen molar-refractivity contribution < 1.29 is 42.5 Å². The molecule has 0 amide bonds. The monoisotopic (exact) mass is 576 g/mol. The molecule has 9 atom stereocenters. The van der Waals surface area contributed by atoms with Crippen molar-refractivity contribution in [3.05, 3.63) is 60.1 Å². The fourth-order valence-electron chi connectivity index (χ4n) is 8.18. The topological polar surface area (TPSA) is 114 Å². The van der Waals surface area contributed by atoms with Gasteiger partial charge in [0, 0.05) is 28.4 Å². The first-order chi connectivity index (χ1) is 18.9. The molecule has 2 N–H and O–H groups in total. The largest absolute Gasteiger partial charge is 0.457 e. The van der Waals surface area contributed by atoms with Gasteiger partial charge >= 0.3 is 5.97 Å². The highest BCUT2D eigenvalue weighted by atomic mass is 32.2. The third-order valence-electron chi connectivity index (χ3n) is 10.0. The second kappa shape index (κ2) is 10.1. The summed E-state index contributed by atoms with van der Waals surface area (Å²) >= 11 is 0.906. The van der Waals surface area contributed by atoms with E-state index in [9.17, 15) is 19.5 Å². The van der Waals surface area contributed by atoms with Crippen molar-refractivity contribution in [2.24, 2.45) is 28.6 Å². The lowest BCUT2D eigenvalue weighted by atomic mass is 9.44. The number of alkyl halides is 2. The van der Waals surface area contributed by atoms with Gasteiger partial charge in [0.1, 0.15) is 6.17 Å². The molecule has 10 heteroatoms. The Morgan fingerprint density at radius 3 is 2.67 bits per heavy atom. The first kappa shape index (κ1) is 29.0. The number of carbonyl (C=O) groups excluding carboxylic acids is 3. The van der Waals surface area contributed by atoms with Gasteiger partial charge in [0.25, 0.3) is 0 Å². The average molecular weight is 577 g/mol. The highest BCUT2D eigenvalue weighted by Gasteiger charge is 2.78. The van der Waals surface area contributed by atoms with Crippen LogP contribution in [0.3, 0.4) is 0 Å². The lowest BCUT2D eigenvalue weighted by molar-refractivity contribution is -0.221. The van der Waals surface area contributed by atoms with Gasteiger partial charge in [0.15, 0.2) is 17.1 Å². The number of halogens is 2. The summed E-state index contributed by atoms with van der Waals surface area (Å²) in [5, 5.41) is 20.2. The second-order valence-corrected chi connectivity index (χ2v) is 12.8. The molecule has 40 heavy (non-hydrogen) atoms. The first-order valence-electron chi connectivity index (χ1n) is 13.5. The normalized spacial score (nSPS) is 42.2. The third-order valence-corrected chi connectivity index (χ3v) is 11.0. The molecule has 0 saturated heterocycles. The average Bonchev–Trinajstić information content (AvgIpc) is 3.52. The fraction of sp³-hybridized carbons (Fsp3) is 0.567. The van der Waals surface area contributed by atoms with E-state index in [-0.39, 0.29) is 43.0 Å². The molecule has 2 unspecified atom stereocenters. The van der Waals surface area contributed by atoms with Crippen LogP contribution < -0.4 is 0 Å². The van der Waals surface area contributed by atoms with E-state index in [1.807, 2.05) is 0 Å². The summed E-state index contributed by atoms with van der Waals surface area (Å²) < 4.78 is 44.6. The second-order valence-electron chi connectivity index (χ2n) is 11.9. The molecule has 0 bridgehead atoms. The van der Waals surface area contributed by atoms with Crippen LogP contribution in [0.25, 0.3) is 0 Å². The van der Waals surface area contributed by atoms with Crippen molar-refractivity contribution in [2.45, 2.75) is 63.6 Å². The van der Waals surface area contributed by atoms with Gasteiger partial charge in [-0.25, -0.2) is 13.6 Å². The quantitative estimate of drug-likeness (QED) is 0.375. The number of fused-ring (bicyclic) bond motifs is 5. The highest BCUT2D eigenvalue weighted by molar-refractivity contribution is 8.14. The number of ether oxygens (including phenoxy) is 1. The van der Waals surface area contributed by atoms with E-state index >= 15 is 8.78 Å². The van der Waals surface area contributed by atoms with E-state index in [2.05, 4.69) is 0 Å². The number of thioether (sulfide) groups is 1. The van der Waals surface area contributed by atoms with Gasteiger partial charge < -0.3 is 19.4 Å². The molecule has 3 fully saturated rings. The van der Waals surface area contributed by atoms with E-state index < -0.39 is 69.0 Å². The van der Waals surface area contributed by atoms with Crippen LogP contribution in [0.15, 0.2) is 58.8 Å². The minimum absolute atomic E-state index is 0.0188. The molecular weight excluding hydrogens is 542 g/mol. The Kier molecular flexibility index (Phi) is 7.28. The zero-order valence-electron chi connectivity index (χ0n) is 22.6. The van der Waals surface area contributed by atoms with Crippen molar-refractivity contribution in [3.8, 4) is 0 Å². The van der Waals surface area contributed by atoms with Crippen LogP contribution in [0.2, 0.25) is 0 Å². The Bertz CT molecular complexity index is 1290. The molecule has 216 valence electrons. The zero-order valence-corrected chi connectivity index (χ0v) is 23.5. The number of ketones is 1. The lowest BCUT2D eigenvalue weighted by Crippen LogP contribution is -2.70. The molecule has 1 heterocycles. The minimum Gasteiger partial charge on any atom is -0.457 e. The van der Waals surface area contributed by atoms with E-state index in [4.69, 9.17) is 14.3 Å². The molecule has 4 aliphatic rings. The highest BCUT2D eigenvalue weighted by Crippen LogP contribution is 2.72. The zero-order chi connectivity index (χ0) is 29.1. The van der Waals surface area contributed by atoms with Gasteiger partial charge in [0.05, 0.1) is 19.0 Å². The van der Waals surface area contributed by atoms with Crippen LogP contribution in [0.5, 0.6) is 0 Å². The molecule has 3 saturated carbocycles. The Balaban J connectivity index is 1.61. The Morgan fingerprint density at radius 2 is 2.00 bits per heavy atom. The molecule has 0 radical (unpaired) electrons. The van der Waals surface area contributed by atoms with E-state index in [1.54, 1.807) is 19.9 Å². The number of aliphatic hydroxyl groups excluding tert-OH is 2. The third kappa shape index (κ3) is 3.85. The van der Waals surface area contributed by atoms with Crippen LogP contribution in [0.4, 0.5) is 8.78 Å². The number of allylic oxidation sites excluding steroid dienone is 4. The van der Waals surface area contributed by atoms with Crippen LogP contribution >= 0.6 is 11.8 Å². The molecule has 0 aliphatic heterocycles. The standard InChI is InChI=1S/C30H34F2O7S/c1-17-13-19-20-15-22(31)21-14-18(34)8-9-27(21,2)29(20,32)24(35)16-28(19,3)30(17,26(37)40-12-5-4-10-33)39-25(36)23-7-6-11-38-23/h4-9,11,14,17,19-20,22,24,33,35H,10,12-13,15-16H2,1-3H3/t17-,19?,20?,22+,24+,27+,28+,29+,30+/m1/s1. The number of esters is 1. The number of hydrogen-bond donors (Lipinski definition) is 2. The van der Waals surface area contributed by atoms with Gasteiger partial charge in [-0.3, -0.25) is 9.59 Å². The number of rotatable bonds is 6. The minimum atomic E-state index is -2.32. The van der Waals surface area contributed by atoms with Crippen molar-refractivity contribution in [1.82, 2.24) is 0 Å². The Labute approximate surface area is 235 Å². The Hall–Kier alpha value is -2.56. The number of carbonyl (C=O) groups is 3. The van der Waals surface area contributed by atoms with Gasteiger partial charge in [-0.05, 0) is 62.0 Å². The van der Waals surface area contributed by atoms with Crippen molar-refractivity contribution in [2.75, 3.05) is 12.4 Å². The van der Waals surface area contributed by atoms with E-state index in [0.29, 0.717) is 0 Å². The molecule has 1 aromatic rings. The fourth-order valence-corrected chi connectivity index (χ4v) is 9.26. The summed E-state index contributed by atoms with van der Waals surface area (Å²) in [5.74, 6) is -3.43. The summed E-state index contributed by atoms with van der Waals surface area (Å²) in [4.78, 5) is 39.5. The molecular formula is C30H34F2O7S. The number of aliphatic hydroxyl groups is 2. The molecule has 7 nitrogen and oxygen atoms in total. The van der Waals surface area contributed by atoms with E-state index in [1.165, 1.54) is 43.5 Å². The Morgan fingerprint density at radius 1 is 1.25 bits per heavy atom. The van der Waals surface area contributed by atoms with Crippen LogP contribution in [0, 0.1) is 28.6 Å². The van der Waals surface area contributed by atoms with Gasteiger partial charge in [-0.15, -0.1) is 0 Å². The van der Waals surface area contributed by atoms with E-state index in [0.717, 1.165) is 17.8 Å². The molecule has 0 aromatic carbocycles. The molecule has 4 aliphatic carbocycles. The maximum Gasteiger partial charge on any atom is 0.375 e. The van der Waals surface area contributed by atoms with Gasteiger partial charge in [0.2, 0.25) is 10.9 Å². The summed E-state index contributed by atoms with van der Waals surface area (Å²) in [6, 6.07) is 2.93. The van der Waals surface area contributed by atoms with Gasteiger partial charge in [-0.1, -0.05) is 43.8 Å². The van der Waals surface area contributed by atoms with Crippen LogP contribution in [0.1, 0.15) is 50.6 Å². The summed E-state index contributed by atoms with van der Waals surface area (Å²) in [6.45, 7) is 4.80. The first-order valence-corrected chi connectivity index (χ1v) is 14.5. The van der Waals surface area contributed by atoms with Crippen molar-refractivity contribution in [1.29, 1.82) is 0 Å². The molecule has 5 rings (SSSR count). The number of furan rings is 1. The maximum absolute atomic E-state index is 17.5. The lowest BCUT2D eigenvalue weighted by Gasteiger charge is -2.63. The molecule has 0 spiro atoms. The summed E-state index contributed by atoms with van der Waals surface area (Å²) in [6.07, 6.45) is 4.64. The summed E-state index contributed by atoms with van der Waals surface area (Å²) in [7, 11) is 0. The summed E-state index contributed by atoms with van der Waals surface area (Å²) in [5.41, 5.74) is -6.88. The predicted molar refractivity (Wildman–Crippen MR) is 144 cm³/mol. The smallest absolute Gasteiger partial charge is 0.375 e. The SMILES string of the molecule is C[C@@H]1CC2C3C[C@H](F)C4=CC(=O)C=C[C@]4(C)[C@@]3(F)[C@@H](O)C[C@]2(C)[C@@]1(OC(=O)c1ccco1)C(=O)SCC=CCO. The van der Waals surface area contributed by atoms with Crippen LogP contribution in [-0.4, -0.2) is 63.0 Å². The van der Waals surface area contributed by atoms with Gasteiger partial charge in [-0.2, -0.15) is 0 Å². The van der Waals surface area contributed by atoms with Crippen LogP contribution in [-0.2, 0) is 14.3 Å².